The third-order valence-electron chi connectivity index (χ3n) is 5.59. The van der Waals surface area contributed by atoms with Crippen LogP contribution in [0.5, 0.6) is 0 Å². The molecule has 0 saturated heterocycles. The Hall–Kier alpha value is -2.20. The first-order valence-electron chi connectivity index (χ1n) is 9.86. The average molecular weight is 366 g/mol. The minimum absolute atomic E-state index is 0.277. The van der Waals surface area contributed by atoms with Crippen molar-refractivity contribution in [1.29, 1.82) is 0 Å². The fraction of sp³-hybridized carbons (Fsp3) is 0.478. The molecule has 4 heteroatoms. The van der Waals surface area contributed by atoms with Crippen molar-refractivity contribution in [3.05, 3.63) is 51.6 Å². The van der Waals surface area contributed by atoms with Gasteiger partial charge in [0.15, 0.2) is 0 Å². The zero-order valence-electron chi connectivity index (χ0n) is 17.6. The highest BCUT2D eigenvalue weighted by atomic mass is 16.3. The molecule has 0 amide bonds. The average Bonchev–Trinajstić information content (AvgIpc) is 2.83. The van der Waals surface area contributed by atoms with Crippen molar-refractivity contribution >= 4 is 11.0 Å². The lowest BCUT2D eigenvalue weighted by Gasteiger charge is -2.16. The van der Waals surface area contributed by atoms with E-state index in [-0.39, 0.29) is 6.10 Å². The minimum Gasteiger partial charge on any atom is -0.393 e. The number of aryl methyl sites for hydroxylation is 6. The lowest BCUT2D eigenvalue weighted by atomic mass is 10.0. The third-order valence-corrected chi connectivity index (χ3v) is 5.59. The highest BCUT2D eigenvalue weighted by molar-refractivity contribution is 5.86. The van der Waals surface area contributed by atoms with Gasteiger partial charge in [-0.05, 0) is 77.5 Å². The molecule has 0 fully saturated rings. The van der Waals surface area contributed by atoms with Crippen molar-refractivity contribution in [2.75, 3.05) is 0 Å². The lowest BCUT2D eigenvalue weighted by molar-refractivity contribution is 0.160. The highest BCUT2D eigenvalue weighted by Gasteiger charge is 2.21. The molecule has 3 aromatic rings. The van der Waals surface area contributed by atoms with Crippen LogP contribution < -0.4 is 0 Å². The van der Waals surface area contributed by atoms with Crippen LogP contribution in [0.3, 0.4) is 0 Å². The first kappa shape index (κ1) is 19.6. The Bertz CT molecular complexity index is 978. The number of rotatable bonds is 5. The second kappa shape index (κ2) is 7.43. The topological polar surface area (TPSA) is 50.9 Å². The second-order valence-corrected chi connectivity index (χ2v) is 7.81. The Morgan fingerprint density at radius 1 is 1.00 bits per heavy atom. The maximum absolute atomic E-state index is 10.0. The molecule has 1 aromatic carbocycles. The van der Waals surface area contributed by atoms with Crippen LogP contribution in [0.4, 0.5) is 0 Å². The summed E-state index contributed by atoms with van der Waals surface area (Å²) in [5.74, 6) is 0.782. The number of nitrogens with zero attached hydrogens (tertiary/aromatic N) is 3. The Kier molecular flexibility index (Phi) is 5.38. The van der Waals surface area contributed by atoms with E-state index in [0.717, 1.165) is 41.8 Å². The summed E-state index contributed by atoms with van der Waals surface area (Å²) in [6.45, 7) is 14.8. The van der Waals surface area contributed by atoms with Gasteiger partial charge in [-0.2, -0.15) is 0 Å². The molecule has 0 saturated carbocycles. The number of fused-ring (bicyclic) bond motifs is 1. The highest BCUT2D eigenvalue weighted by Crippen LogP contribution is 2.33. The monoisotopic (exact) mass is 365 g/mol. The molecule has 27 heavy (non-hydrogen) atoms. The molecule has 2 aromatic heterocycles. The molecule has 0 aliphatic heterocycles. The predicted octanol–water partition coefficient (Wildman–Crippen LogP) is 4.97. The van der Waals surface area contributed by atoms with Gasteiger partial charge in [-0.25, -0.2) is 9.97 Å². The Morgan fingerprint density at radius 3 is 2.22 bits per heavy atom. The van der Waals surface area contributed by atoms with Gasteiger partial charge in [0, 0.05) is 11.1 Å². The van der Waals surface area contributed by atoms with Crippen molar-refractivity contribution < 1.29 is 5.11 Å². The summed E-state index contributed by atoms with van der Waals surface area (Å²) in [6, 6.07) is 4.46. The molecule has 144 valence electrons. The molecule has 0 spiro atoms. The summed E-state index contributed by atoms with van der Waals surface area (Å²) in [5.41, 5.74) is 9.47. The zero-order chi connectivity index (χ0) is 19.9. The molecule has 3 rings (SSSR count). The number of benzene rings is 1. The maximum atomic E-state index is 10.0. The molecule has 4 nitrogen and oxygen atoms in total. The SMILES string of the molecule is CCC(O)CCc1nc(C)nc2c1c(C)c(C)n2-c1c(C)cc(C)cc1C. The number of hydrogen-bond acceptors (Lipinski definition) is 3. The predicted molar refractivity (Wildman–Crippen MR) is 112 cm³/mol. The van der Waals surface area contributed by atoms with Crippen molar-refractivity contribution in [3.8, 4) is 5.69 Å². The third kappa shape index (κ3) is 3.51. The van der Waals surface area contributed by atoms with E-state index in [4.69, 9.17) is 9.97 Å². The van der Waals surface area contributed by atoms with Gasteiger partial charge in [0.2, 0.25) is 0 Å². The van der Waals surface area contributed by atoms with Crippen LogP contribution in [-0.2, 0) is 6.42 Å². The van der Waals surface area contributed by atoms with E-state index in [0.29, 0.717) is 0 Å². The molecule has 0 bridgehead atoms. The minimum atomic E-state index is -0.277. The number of aliphatic hydroxyl groups excluding tert-OH is 1. The fourth-order valence-electron chi connectivity index (χ4n) is 4.15. The van der Waals surface area contributed by atoms with Gasteiger partial charge in [0.25, 0.3) is 0 Å². The summed E-state index contributed by atoms with van der Waals surface area (Å²) in [7, 11) is 0. The Balaban J connectivity index is 2.28. The number of hydrogen-bond donors (Lipinski definition) is 1. The summed E-state index contributed by atoms with van der Waals surface area (Å²) >= 11 is 0. The molecule has 1 atom stereocenters. The Labute approximate surface area is 162 Å². The molecular weight excluding hydrogens is 334 g/mol. The van der Waals surface area contributed by atoms with Gasteiger partial charge >= 0.3 is 0 Å². The van der Waals surface area contributed by atoms with Crippen LogP contribution in [0.25, 0.3) is 16.7 Å². The second-order valence-electron chi connectivity index (χ2n) is 7.81. The van der Waals surface area contributed by atoms with Crippen LogP contribution in [0.1, 0.15) is 59.2 Å². The van der Waals surface area contributed by atoms with Crippen LogP contribution in [0, 0.1) is 41.5 Å². The smallest absolute Gasteiger partial charge is 0.148 e. The molecule has 0 radical (unpaired) electrons. The summed E-state index contributed by atoms with van der Waals surface area (Å²) in [4.78, 5) is 9.58. The number of aliphatic hydroxyl groups is 1. The van der Waals surface area contributed by atoms with Crippen LogP contribution >= 0.6 is 0 Å². The first-order valence-corrected chi connectivity index (χ1v) is 9.86. The van der Waals surface area contributed by atoms with Crippen LogP contribution in [0.2, 0.25) is 0 Å². The van der Waals surface area contributed by atoms with Gasteiger partial charge < -0.3 is 5.11 Å². The van der Waals surface area contributed by atoms with E-state index < -0.39 is 0 Å². The maximum Gasteiger partial charge on any atom is 0.148 e. The van der Waals surface area contributed by atoms with Gasteiger partial charge in [0.1, 0.15) is 11.5 Å². The quantitative estimate of drug-likeness (QED) is 0.694. The van der Waals surface area contributed by atoms with Crippen molar-refractivity contribution in [3.63, 3.8) is 0 Å². The van der Waals surface area contributed by atoms with E-state index in [1.807, 2.05) is 13.8 Å². The molecule has 1 N–H and O–H groups in total. The van der Waals surface area contributed by atoms with Crippen molar-refractivity contribution in [1.82, 2.24) is 14.5 Å². The molecule has 2 heterocycles. The van der Waals surface area contributed by atoms with E-state index in [1.54, 1.807) is 0 Å². The standard InChI is InChI=1S/C23H31N3O/c1-8-19(27)9-10-20-21-16(5)17(6)26(23(21)25-18(7)24-20)22-14(3)11-13(2)12-15(22)4/h11-12,19,27H,8-10H2,1-7H3. The fourth-order valence-corrected chi connectivity index (χ4v) is 4.15. The number of aromatic nitrogens is 3. The van der Waals surface area contributed by atoms with E-state index in [1.165, 1.54) is 33.6 Å². The molecule has 0 aliphatic rings. The van der Waals surface area contributed by atoms with E-state index in [2.05, 4.69) is 51.3 Å². The molecule has 1 unspecified atom stereocenters. The largest absolute Gasteiger partial charge is 0.393 e. The summed E-state index contributed by atoms with van der Waals surface area (Å²) in [5, 5.41) is 11.2. The Morgan fingerprint density at radius 2 is 1.63 bits per heavy atom. The summed E-state index contributed by atoms with van der Waals surface area (Å²) < 4.78 is 2.29. The van der Waals surface area contributed by atoms with Crippen molar-refractivity contribution in [2.24, 2.45) is 0 Å². The molecular formula is C23H31N3O. The van der Waals surface area contributed by atoms with Crippen molar-refractivity contribution in [2.45, 2.75) is 73.8 Å². The van der Waals surface area contributed by atoms with E-state index in [9.17, 15) is 5.11 Å². The van der Waals surface area contributed by atoms with Crippen LogP contribution in [0.15, 0.2) is 12.1 Å². The van der Waals surface area contributed by atoms with Crippen LogP contribution in [-0.4, -0.2) is 25.7 Å². The zero-order valence-corrected chi connectivity index (χ0v) is 17.6. The van der Waals surface area contributed by atoms with Gasteiger partial charge in [-0.1, -0.05) is 24.6 Å². The van der Waals surface area contributed by atoms with Gasteiger partial charge in [0.05, 0.1) is 17.5 Å². The molecule has 0 aliphatic carbocycles. The normalized spacial score (nSPS) is 12.7. The van der Waals surface area contributed by atoms with Gasteiger partial charge in [-0.3, -0.25) is 4.57 Å². The van der Waals surface area contributed by atoms with E-state index >= 15 is 0 Å². The first-order chi connectivity index (χ1) is 12.7. The lowest BCUT2D eigenvalue weighted by Crippen LogP contribution is -2.08. The van der Waals surface area contributed by atoms with Gasteiger partial charge in [-0.15, -0.1) is 0 Å². The summed E-state index contributed by atoms with van der Waals surface area (Å²) in [6.07, 6.45) is 1.99.